The minimum Gasteiger partial charge on any atom is -0.385 e. The lowest BCUT2D eigenvalue weighted by atomic mass is 10.0. The van der Waals surface area contributed by atoms with Gasteiger partial charge in [0.15, 0.2) is 0 Å². The molecule has 1 N–H and O–H groups in total. The third-order valence-corrected chi connectivity index (χ3v) is 2.52. The zero-order chi connectivity index (χ0) is 8.55. The molecule has 0 radical (unpaired) electrons. The highest BCUT2D eigenvalue weighted by molar-refractivity contribution is 6.31. The van der Waals surface area contributed by atoms with Gasteiger partial charge in [0.2, 0.25) is 0 Å². The van der Waals surface area contributed by atoms with Gasteiger partial charge < -0.3 is 5.32 Å². The molecule has 1 nitrogen and oxygen atoms in total. The van der Waals surface area contributed by atoms with Crippen LogP contribution in [-0.4, -0.2) is 6.54 Å². The van der Waals surface area contributed by atoms with Gasteiger partial charge in [-0.2, -0.15) is 0 Å². The summed E-state index contributed by atoms with van der Waals surface area (Å²) in [4.78, 5) is 0. The van der Waals surface area contributed by atoms with E-state index in [4.69, 9.17) is 11.6 Å². The van der Waals surface area contributed by atoms with Crippen LogP contribution >= 0.6 is 11.6 Å². The standard InChI is InChI=1S/C9H9ClFN/c10-9-6-2-1-5-12-8(6)4-3-7(9)11/h3-4,12H,1-2,5H2. The Hall–Kier alpha value is -0.760. The molecule has 0 aromatic heterocycles. The van der Waals surface area contributed by atoms with Crippen molar-refractivity contribution in [3.05, 3.63) is 28.5 Å². The van der Waals surface area contributed by atoms with Crippen LogP contribution in [0.25, 0.3) is 0 Å². The van der Waals surface area contributed by atoms with Gasteiger partial charge in [-0.05, 0) is 30.5 Å². The average molecular weight is 186 g/mol. The first-order valence-electron chi connectivity index (χ1n) is 4.00. The maximum Gasteiger partial charge on any atom is 0.142 e. The van der Waals surface area contributed by atoms with E-state index in [1.165, 1.54) is 6.07 Å². The fourth-order valence-electron chi connectivity index (χ4n) is 1.49. The van der Waals surface area contributed by atoms with Crippen molar-refractivity contribution in [2.45, 2.75) is 12.8 Å². The van der Waals surface area contributed by atoms with E-state index in [1.54, 1.807) is 6.07 Å². The number of fused-ring (bicyclic) bond motifs is 1. The van der Waals surface area contributed by atoms with Gasteiger partial charge in [0.1, 0.15) is 5.82 Å². The highest BCUT2D eigenvalue weighted by Gasteiger charge is 2.14. The lowest BCUT2D eigenvalue weighted by Crippen LogP contribution is -2.12. The van der Waals surface area contributed by atoms with Crippen molar-refractivity contribution in [1.82, 2.24) is 0 Å². The van der Waals surface area contributed by atoms with Crippen LogP contribution in [0, 0.1) is 5.82 Å². The Labute approximate surface area is 75.5 Å². The highest BCUT2D eigenvalue weighted by Crippen LogP contribution is 2.30. The van der Waals surface area contributed by atoms with Crippen molar-refractivity contribution in [2.24, 2.45) is 0 Å². The van der Waals surface area contributed by atoms with Gasteiger partial charge in [0.05, 0.1) is 5.02 Å². The second kappa shape index (κ2) is 2.94. The molecule has 0 unspecified atom stereocenters. The van der Waals surface area contributed by atoms with E-state index < -0.39 is 0 Å². The van der Waals surface area contributed by atoms with Gasteiger partial charge in [-0.1, -0.05) is 11.6 Å². The molecule has 12 heavy (non-hydrogen) atoms. The predicted molar refractivity (Wildman–Crippen MR) is 48.2 cm³/mol. The summed E-state index contributed by atoms with van der Waals surface area (Å²) < 4.78 is 12.9. The van der Waals surface area contributed by atoms with Crippen LogP contribution in [0.3, 0.4) is 0 Å². The van der Waals surface area contributed by atoms with Crippen LogP contribution in [0.1, 0.15) is 12.0 Å². The Balaban J connectivity index is 2.54. The van der Waals surface area contributed by atoms with E-state index in [2.05, 4.69) is 5.32 Å². The van der Waals surface area contributed by atoms with Gasteiger partial charge in [0, 0.05) is 12.2 Å². The number of nitrogens with one attached hydrogen (secondary N) is 1. The molecule has 0 aliphatic carbocycles. The summed E-state index contributed by atoms with van der Waals surface area (Å²) >= 11 is 5.80. The van der Waals surface area contributed by atoms with Crippen LogP contribution in [0.15, 0.2) is 12.1 Å². The fraction of sp³-hybridized carbons (Fsp3) is 0.333. The summed E-state index contributed by atoms with van der Waals surface area (Å²) in [6, 6.07) is 3.15. The molecular weight excluding hydrogens is 177 g/mol. The van der Waals surface area contributed by atoms with Crippen molar-refractivity contribution >= 4 is 17.3 Å². The molecule has 1 aliphatic heterocycles. The molecule has 64 valence electrons. The summed E-state index contributed by atoms with van der Waals surface area (Å²) in [7, 11) is 0. The molecule has 1 aromatic rings. The Morgan fingerprint density at radius 1 is 1.42 bits per heavy atom. The Kier molecular flexibility index (Phi) is 1.93. The molecule has 0 spiro atoms. The molecule has 1 aromatic carbocycles. The van der Waals surface area contributed by atoms with Crippen LogP contribution in [0.5, 0.6) is 0 Å². The number of hydrogen-bond acceptors (Lipinski definition) is 1. The molecule has 0 bridgehead atoms. The predicted octanol–water partition coefficient (Wildman–Crippen LogP) is 2.84. The molecule has 1 heterocycles. The van der Waals surface area contributed by atoms with Crippen molar-refractivity contribution in [1.29, 1.82) is 0 Å². The van der Waals surface area contributed by atoms with E-state index >= 15 is 0 Å². The van der Waals surface area contributed by atoms with Crippen LogP contribution in [-0.2, 0) is 6.42 Å². The number of benzene rings is 1. The summed E-state index contributed by atoms with van der Waals surface area (Å²) in [5.41, 5.74) is 1.90. The van der Waals surface area contributed by atoms with Gasteiger partial charge >= 0.3 is 0 Å². The largest absolute Gasteiger partial charge is 0.385 e. The van der Waals surface area contributed by atoms with E-state index in [9.17, 15) is 4.39 Å². The van der Waals surface area contributed by atoms with Crippen LogP contribution in [0.4, 0.5) is 10.1 Å². The minimum absolute atomic E-state index is 0.278. The van der Waals surface area contributed by atoms with Gasteiger partial charge in [0.25, 0.3) is 0 Å². The van der Waals surface area contributed by atoms with Gasteiger partial charge in [-0.3, -0.25) is 0 Å². The number of anilines is 1. The van der Waals surface area contributed by atoms with Crippen molar-refractivity contribution in [3.8, 4) is 0 Å². The fourth-order valence-corrected chi connectivity index (χ4v) is 1.75. The molecule has 0 saturated carbocycles. The maximum atomic E-state index is 12.9. The first kappa shape index (κ1) is 7.87. The normalized spacial score (nSPS) is 15.2. The van der Waals surface area contributed by atoms with E-state index in [0.717, 1.165) is 30.6 Å². The first-order chi connectivity index (χ1) is 5.79. The molecular formula is C9H9ClFN. The first-order valence-corrected chi connectivity index (χ1v) is 4.37. The second-order valence-corrected chi connectivity index (χ2v) is 3.30. The van der Waals surface area contributed by atoms with E-state index in [1.807, 2.05) is 0 Å². The van der Waals surface area contributed by atoms with Gasteiger partial charge in [-0.25, -0.2) is 4.39 Å². The van der Waals surface area contributed by atoms with E-state index in [-0.39, 0.29) is 10.8 Å². The molecule has 0 saturated heterocycles. The third kappa shape index (κ3) is 1.16. The summed E-state index contributed by atoms with van der Waals surface area (Å²) in [5.74, 6) is -0.320. The lowest BCUT2D eigenvalue weighted by molar-refractivity contribution is 0.624. The quantitative estimate of drug-likeness (QED) is 0.656. The maximum absolute atomic E-state index is 12.9. The van der Waals surface area contributed by atoms with Crippen molar-refractivity contribution < 1.29 is 4.39 Å². The molecule has 0 amide bonds. The monoisotopic (exact) mass is 185 g/mol. The Morgan fingerprint density at radius 2 is 2.25 bits per heavy atom. The molecule has 2 rings (SSSR count). The van der Waals surface area contributed by atoms with Crippen molar-refractivity contribution in [3.63, 3.8) is 0 Å². The number of halogens is 2. The zero-order valence-corrected chi connectivity index (χ0v) is 7.29. The Morgan fingerprint density at radius 3 is 3.08 bits per heavy atom. The Bertz CT molecular complexity index is 312. The molecule has 3 heteroatoms. The molecule has 1 aliphatic rings. The summed E-state index contributed by atoms with van der Waals surface area (Å²) in [6.45, 7) is 0.953. The number of rotatable bonds is 0. The highest BCUT2D eigenvalue weighted by atomic mass is 35.5. The van der Waals surface area contributed by atoms with Gasteiger partial charge in [-0.15, -0.1) is 0 Å². The van der Waals surface area contributed by atoms with E-state index in [0.29, 0.717) is 0 Å². The smallest absolute Gasteiger partial charge is 0.142 e. The average Bonchev–Trinajstić information content (AvgIpc) is 2.12. The zero-order valence-electron chi connectivity index (χ0n) is 6.53. The summed E-state index contributed by atoms with van der Waals surface area (Å²) in [5, 5.41) is 3.46. The molecule has 0 fully saturated rings. The third-order valence-electron chi connectivity index (χ3n) is 2.12. The van der Waals surface area contributed by atoms with Crippen LogP contribution < -0.4 is 5.32 Å². The second-order valence-electron chi connectivity index (χ2n) is 2.92. The lowest BCUT2D eigenvalue weighted by Gasteiger charge is -2.18. The number of hydrogen-bond donors (Lipinski definition) is 1. The van der Waals surface area contributed by atoms with Crippen LogP contribution in [0.2, 0.25) is 5.02 Å². The SMILES string of the molecule is Fc1ccc2c(c1Cl)CCCN2. The molecule has 0 atom stereocenters. The van der Waals surface area contributed by atoms with Crippen molar-refractivity contribution in [2.75, 3.05) is 11.9 Å². The minimum atomic E-state index is -0.320. The summed E-state index contributed by atoms with van der Waals surface area (Å²) in [6.07, 6.45) is 1.90. The topological polar surface area (TPSA) is 12.0 Å².